The number of phosphoric ester groups is 1. The van der Waals surface area contributed by atoms with Gasteiger partial charge in [0, 0.05) is 12.8 Å². The van der Waals surface area contributed by atoms with E-state index in [0.717, 1.165) is 57.8 Å². The lowest BCUT2D eigenvalue weighted by Crippen LogP contribution is -2.37. The van der Waals surface area contributed by atoms with Crippen molar-refractivity contribution in [3.8, 4) is 0 Å². The molecule has 0 aliphatic rings. The van der Waals surface area contributed by atoms with Gasteiger partial charge in [-0.1, -0.05) is 191 Å². The third-order valence-corrected chi connectivity index (χ3v) is 11.6. The minimum Gasteiger partial charge on any atom is -0.756 e. The minimum atomic E-state index is -4.64. The molecule has 0 radical (unpaired) electrons. The van der Waals surface area contributed by atoms with Crippen molar-refractivity contribution < 1.29 is 42.1 Å². The molecule has 0 aliphatic heterocycles. The van der Waals surface area contributed by atoms with E-state index >= 15 is 0 Å². The molecule has 2 atom stereocenters. The van der Waals surface area contributed by atoms with E-state index in [-0.39, 0.29) is 26.1 Å². The Hall–Kier alpha value is -2.03. The van der Waals surface area contributed by atoms with Crippen LogP contribution in [0.5, 0.6) is 0 Å². The summed E-state index contributed by atoms with van der Waals surface area (Å²) in [6, 6.07) is 0. The highest BCUT2D eigenvalue weighted by molar-refractivity contribution is 7.45. The Morgan fingerprint density at radius 2 is 0.885 bits per heavy atom. The van der Waals surface area contributed by atoms with Gasteiger partial charge in [0.1, 0.15) is 19.8 Å². The van der Waals surface area contributed by atoms with Crippen molar-refractivity contribution in [2.45, 2.75) is 219 Å². The van der Waals surface area contributed by atoms with Crippen LogP contribution in [0.3, 0.4) is 0 Å². The highest BCUT2D eigenvalue weighted by atomic mass is 31.2. The lowest BCUT2D eigenvalue weighted by molar-refractivity contribution is -0.870. The van der Waals surface area contributed by atoms with Crippen LogP contribution in [-0.4, -0.2) is 70.0 Å². The smallest absolute Gasteiger partial charge is 0.306 e. The highest BCUT2D eigenvalue weighted by Gasteiger charge is 2.21. The van der Waals surface area contributed by atoms with E-state index in [4.69, 9.17) is 18.5 Å². The molecule has 356 valence electrons. The summed E-state index contributed by atoms with van der Waals surface area (Å²) in [6.07, 6.45) is 51.4. The number of unbranched alkanes of at least 4 members (excludes halogenated alkanes) is 23. The van der Waals surface area contributed by atoms with E-state index in [0.29, 0.717) is 23.9 Å². The molecule has 1 unspecified atom stereocenters. The number of carbonyl (C=O) groups is 2. The van der Waals surface area contributed by atoms with Gasteiger partial charge in [0.25, 0.3) is 7.82 Å². The van der Waals surface area contributed by atoms with E-state index in [1.165, 1.54) is 116 Å². The molecule has 0 amide bonds. The molecule has 9 nitrogen and oxygen atoms in total. The fraction of sp³-hybridized carbons (Fsp3) is 0.804. The molecule has 0 saturated carbocycles. The van der Waals surface area contributed by atoms with Gasteiger partial charge in [-0.25, -0.2) is 0 Å². The second kappa shape index (κ2) is 43.2. The van der Waals surface area contributed by atoms with Crippen LogP contribution in [0.1, 0.15) is 213 Å². The Bertz CT molecular complexity index is 1180. The first-order chi connectivity index (χ1) is 29.5. The van der Waals surface area contributed by atoms with Crippen molar-refractivity contribution >= 4 is 19.8 Å². The Morgan fingerprint density at radius 1 is 0.508 bits per heavy atom. The van der Waals surface area contributed by atoms with Crippen LogP contribution in [0.15, 0.2) is 48.6 Å². The van der Waals surface area contributed by atoms with E-state index in [1.807, 2.05) is 21.1 Å². The Labute approximate surface area is 375 Å². The van der Waals surface area contributed by atoms with Gasteiger partial charge in [-0.05, 0) is 57.8 Å². The van der Waals surface area contributed by atoms with Gasteiger partial charge in [0.15, 0.2) is 6.10 Å². The van der Waals surface area contributed by atoms with Crippen LogP contribution in [0, 0.1) is 0 Å². The molecule has 0 rings (SSSR count). The zero-order chi connectivity index (χ0) is 45.0. The molecule has 0 saturated heterocycles. The van der Waals surface area contributed by atoms with Gasteiger partial charge in [-0.15, -0.1) is 0 Å². The number of carbonyl (C=O) groups excluding carboxylic acids is 2. The maximum absolute atomic E-state index is 12.7. The molecule has 0 heterocycles. The van der Waals surface area contributed by atoms with Gasteiger partial charge in [0.05, 0.1) is 27.7 Å². The molecule has 0 bridgehead atoms. The first kappa shape index (κ1) is 59.0. The molecular formula is C51H94NO8P. The SMILES string of the molecule is CCCCC/C=C/C/C=C/C/C=C/C/C=C/CCCCCC(=O)OC[C@H](COP(=O)([O-])OCC[N+](C)(C)C)OC(=O)CCCCCCCCCCCCCCCCCCCC. The van der Waals surface area contributed by atoms with Gasteiger partial charge in [-0.3, -0.25) is 14.2 Å². The number of allylic oxidation sites excluding steroid dienone is 8. The summed E-state index contributed by atoms with van der Waals surface area (Å²) in [5, 5.41) is 0. The van der Waals surface area contributed by atoms with E-state index in [9.17, 15) is 19.0 Å². The number of hydrogen-bond acceptors (Lipinski definition) is 8. The predicted octanol–water partition coefficient (Wildman–Crippen LogP) is 14.0. The van der Waals surface area contributed by atoms with Crippen molar-refractivity contribution in [1.29, 1.82) is 0 Å². The molecule has 0 fully saturated rings. The summed E-state index contributed by atoms with van der Waals surface area (Å²) in [4.78, 5) is 37.7. The van der Waals surface area contributed by atoms with Crippen molar-refractivity contribution in [2.75, 3.05) is 47.5 Å². The minimum absolute atomic E-state index is 0.0362. The monoisotopic (exact) mass is 880 g/mol. The van der Waals surface area contributed by atoms with E-state index < -0.39 is 32.5 Å². The zero-order valence-corrected chi connectivity index (χ0v) is 41.0. The maximum Gasteiger partial charge on any atom is 0.306 e. The molecule has 0 aliphatic carbocycles. The van der Waals surface area contributed by atoms with E-state index in [2.05, 4.69) is 62.5 Å². The number of ether oxygens (including phenoxy) is 2. The lowest BCUT2D eigenvalue weighted by atomic mass is 10.0. The van der Waals surface area contributed by atoms with Crippen LogP contribution in [-0.2, 0) is 32.7 Å². The average molecular weight is 880 g/mol. The Morgan fingerprint density at radius 3 is 1.34 bits per heavy atom. The quantitative estimate of drug-likeness (QED) is 0.0195. The number of nitrogens with zero attached hydrogens (tertiary/aromatic N) is 1. The van der Waals surface area contributed by atoms with Gasteiger partial charge in [0.2, 0.25) is 0 Å². The molecule has 61 heavy (non-hydrogen) atoms. The standard InChI is InChI=1S/C51H94NO8P/c1-6-8-10-12-14-16-18-20-22-24-26-28-29-31-33-35-37-39-41-43-50(53)57-47-49(48-59-61(55,56)58-46-45-52(3,4)5)60-51(54)44-42-40-38-36-34-32-30-27-25-23-21-19-17-15-13-11-9-7-2/h14,16,20,22,26,28,31,33,49H,6-13,15,17-19,21,23-25,27,29-30,32,34-48H2,1-5H3/b16-14+,22-20+,28-26+,33-31+/t49-/m1/s1. The summed E-state index contributed by atoms with van der Waals surface area (Å²) >= 11 is 0. The van der Waals surface area contributed by atoms with Crippen molar-refractivity contribution in [3.05, 3.63) is 48.6 Å². The maximum atomic E-state index is 12.7. The van der Waals surface area contributed by atoms with Crippen LogP contribution in [0.2, 0.25) is 0 Å². The van der Waals surface area contributed by atoms with Crippen LogP contribution in [0.25, 0.3) is 0 Å². The fourth-order valence-electron chi connectivity index (χ4n) is 6.70. The number of quaternary nitrogens is 1. The van der Waals surface area contributed by atoms with Crippen molar-refractivity contribution in [2.24, 2.45) is 0 Å². The lowest BCUT2D eigenvalue weighted by Gasteiger charge is -2.28. The molecule has 0 spiro atoms. The molecular weight excluding hydrogens is 786 g/mol. The third-order valence-electron chi connectivity index (χ3n) is 10.6. The number of phosphoric acid groups is 1. The average Bonchev–Trinajstić information content (AvgIpc) is 3.21. The number of rotatable bonds is 45. The Kier molecular flexibility index (Phi) is 41.8. The normalized spacial score (nSPS) is 13.9. The second-order valence-corrected chi connectivity index (χ2v) is 19.2. The molecule has 0 aromatic heterocycles. The summed E-state index contributed by atoms with van der Waals surface area (Å²) in [7, 11) is 1.15. The fourth-order valence-corrected chi connectivity index (χ4v) is 7.43. The summed E-state index contributed by atoms with van der Waals surface area (Å²) in [5.74, 6) is -0.864. The van der Waals surface area contributed by atoms with Crippen molar-refractivity contribution in [3.63, 3.8) is 0 Å². The number of esters is 2. The third kappa shape index (κ3) is 47.3. The molecule has 0 aromatic rings. The second-order valence-electron chi connectivity index (χ2n) is 17.8. The molecule has 0 N–H and O–H groups in total. The van der Waals surface area contributed by atoms with E-state index in [1.54, 1.807) is 0 Å². The van der Waals surface area contributed by atoms with Crippen molar-refractivity contribution in [1.82, 2.24) is 0 Å². The predicted molar refractivity (Wildman–Crippen MR) is 254 cm³/mol. The Balaban J connectivity index is 4.33. The summed E-state index contributed by atoms with van der Waals surface area (Å²) < 4.78 is 34.0. The first-order valence-electron chi connectivity index (χ1n) is 24.8. The first-order valence-corrected chi connectivity index (χ1v) is 26.3. The summed E-state index contributed by atoms with van der Waals surface area (Å²) in [5.41, 5.74) is 0. The number of likely N-dealkylation sites (N-methyl/N-ethyl adjacent to an activating group) is 1. The van der Waals surface area contributed by atoms with Gasteiger partial charge < -0.3 is 27.9 Å². The van der Waals surface area contributed by atoms with Gasteiger partial charge >= 0.3 is 11.9 Å². The van der Waals surface area contributed by atoms with Crippen LogP contribution >= 0.6 is 7.82 Å². The molecule has 10 heteroatoms. The number of hydrogen-bond donors (Lipinski definition) is 0. The topological polar surface area (TPSA) is 111 Å². The van der Waals surface area contributed by atoms with Crippen LogP contribution < -0.4 is 4.89 Å². The highest BCUT2D eigenvalue weighted by Crippen LogP contribution is 2.38. The zero-order valence-electron chi connectivity index (χ0n) is 40.1. The van der Waals surface area contributed by atoms with Gasteiger partial charge in [-0.2, -0.15) is 0 Å². The molecule has 0 aromatic carbocycles. The largest absolute Gasteiger partial charge is 0.756 e. The summed E-state index contributed by atoms with van der Waals surface area (Å²) in [6.45, 7) is 4.18. The van der Waals surface area contributed by atoms with Crippen LogP contribution in [0.4, 0.5) is 0 Å².